The Bertz CT molecular complexity index is 540. The Kier molecular flexibility index (Phi) is 2.66. The van der Waals surface area contributed by atoms with Gasteiger partial charge in [0.1, 0.15) is 0 Å². The number of carboxylic acid groups (broad SMARTS) is 1. The third-order valence-electron chi connectivity index (χ3n) is 4.27. The molecule has 0 heterocycles. The van der Waals surface area contributed by atoms with Gasteiger partial charge in [0.15, 0.2) is 0 Å². The van der Waals surface area contributed by atoms with Crippen molar-refractivity contribution in [3.63, 3.8) is 0 Å². The number of carbonyl (C=O) groups is 1. The molecule has 0 saturated heterocycles. The maximum atomic E-state index is 11.5. The smallest absolute Gasteiger partial charge is 0.336 e. The molecular weight excluding hydrogens is 256 g/mol. The average Bonchev–Trinajstić information content (AvgIpc) is 3.26. The summed E-state index contributed by atoms with van der Waals surface area (Å²) in [5.41, 5.74) is 3.19. The van der Waals surface area contributed by atoms with Crippen LogP contribution in [0.1, 0.15) is 71.8 Å². The zero-order chi connectivity index (χ0) is 13.0. The van der Waals surface area contributed by atoms with Gasteiger partial charge in [-0.2, -0.15) is 0 Å². The average molecular weight is 274 g/mol. The fraction of sp³-hybridized carbons (Fsp3) is 0.562. The van der Waals surface area contributed by atoms with Crippen molar-refractivity contribution < 1.29 is 9.90 Å². The van der Waals surface area contributed by atoms with E-state index >= 15 is 0 Å². The van der Waals surface area contributed by atoms with Gasteiger partial charge in [0.25, 0.3) is 0 Å². The molecule has 0 radical (unpaired) electrons. The molecular formula is C16H18O2S. The van der Waals surface area contributed by atoms with E-state index in [1.165, 1.54) is 54.5 Å². The summed E-state index contributed by atoms with van der Waals surface area (Å²) in [6, 6.07) is 3.96. The van der Waals surface area contributed by atoms with Crippen molar-refractivity contribution in [2.24, 2.45) is 0 Å². The first kappa shape index (κ1) is 11.8. The predicted octanol–water partition coefficient (Wildman–Crippen LogP) is 4.39. The second-order valence-corrected chi connectivity index (χ2v) is 7.43. The van der Waals surface area contributed by atoms with Crippen LogP contribution in [0.5, 0.6) is 0 Å². The fourth-order valence-corrected chi connectivity index (χ4v) is 4.26. The van der Waals surface area contributed by atoms with Crippen LogP contribution in [0.3, 0.4) is 0 Å². The highest BCUT2D eigenvalue weighted by atomic mass is 32.2. The maximum absolute atomic E-state index is 11.5. The molecule has 0 aromatic heterocycles. The quantitative estimate of drug-likeness (QED) is 0.865. The van der Waals surface area contributed by atoms with E-state index in [2.05, 4.69) is 6.07 Å². The van der Waals surface area contributed by atoms with Gasteiger partial charge in [0.05, 0.1) is 5.56 Å². The molecule has 1 aromatic rings. The van der Waals surface area contributed by atoms with Crippen LogP contribution in [0.2, 0.25) is 0 Å². The number of thioether (sulfide) groups is 1. The molecule has 2 nitrogen and oxygen atoms in total. The minimum absolute atomic E-state index is 0.519. The second-order valence-electron chi connectivity index (χ2n) is 6.12. The molecule has 4 rings (SSSR count). The molecule has 0 spiro atoms. The molecule has 0 aliphatic heterocycles. The summed E-state index contributed by atoms with van der Waals surface area (Å²) < 4.78 is 0. The standard InChI is InChI=1S/C16H18O2S/c17-16(18)13-8-7-12(9-1-2-9)15(19-11-5-6-11)14(13)10-3-4-10/h7-11H,1-6H2,(H,17,18). The molecule has 0 bridgehead atoms. The van der Waals surface area contributed by atoms with Crippen molar-refractivity contribution in [1.82, 2.24) is 0 Å². The minimum Gasteiger partial charge on any atom is -0.478 e. The zero-order valence-electron chi connectivity index (χ0n) is 10.9. The summed E-state index contributed by atoms with van der Waals surface area (Å²) in [4.78, 5) is 12.8. The predicted molar refractivity (Wildman–Crippen MR) is 76.2 cm³/mol. The van der Waals surface area contributed by atoms with E-state index in [1.54, 1.807) is 0 Å². The van der Waals surface area contributed by atoms with Crippen molar-refractivity contribution in [2.75, 3.05) is 0 Å². The van der Waals surface area contributed by atoms with Crippen molar-refractivity contribution in [2.45, 2.75) is 60.5 Å². The van der Waals surface area contributed by atoms with Crippen molar-refractivity contribution in [3.05, 3.63) is 28.8 Å². The lowest BCUT2D eigenvalue weighted by Crippen LogP contribution is -2.05. The van der Waals surface area contributed by atoms with Crippen LogP contribution in [-0.2, 0) is 0 Å². The molecule has 1 aromatic carbocycles. The van der Waals surface area contributed by atoms with Gasteiger partial charge in [0.2, 0.25) is 0 Å². The van der Waals surface area contributed by atoms with Gasteiger partial charge in [-0.25, -0.2) is 4.79 Å². The van der Waals surface area contributed by atoms with Crippen molar-refractivity contribution >= 4 is 17.7 Å². The SMILES string of the molecule is O=C(O)c1ccc(C2CC2)c(SC2CC2)c1C1CC1. The lowest BCUT2D eigenvalue weighted by Gasteiger charge is -2.16. The first-order chi connectivity index (χ1) is 9.24. The minimum atomic E-state index is -0.748. The Labute approximate surface area is 117 Å². The molecule has 3 heteroatoms. The van der Waals surface area contributed by atoms with Crippen LogP contribution in [0.4, 0.5) is 0 Å². The highest BCUT2D eigenvalue weighted by molar-refractivity contribution is 8.00. The Morgan fingerprint density at radius 3 is 2.26 bits per heavy atom. The van der Waals surface area contributed by atoms with Crippen LogP contribution in [0.15, 0.2) is 17.0 Å². The van der Waals surface area contributed by atoms with E-state index in [-0.39, 0.29) is 0 Å². The molecule has 0 amide bonds. The number of hydrogen-bond donors (Lipinski definition) is 1. The monoisotopic (exact) mass is 274 g/mol. The number of aromatic carboxylic acids is 1. The lowest BCUT2D eigenvalue weighted by atomic mass is 9.98. The van der Waals surface area contributed by atoms with Crippen LogP contribution >= 0.6 is 11.8 Å². The van der Waals surface area contributed by atoms with Gasteiger partial charge in [-0.3, -0.25) is 0 Å². The largest absolute Gasteiger partial charge is 0.478 e. The Balaban J connectivity index is 1.83. The Morgan fingerprint density at radius 2 is 1.74 bits per heavy atom. The second kappa shape index (κ2) is 4.27. The van der Waals surface area contributed by atoms with Crippen molar-refractivity contribution in [3.8, 4) is 0 Å². The van der Waals surface area contributed by atoms with Gasteiger partial charge in [-0.1, -0.05) is 6.07 Å². The van der Waals surface area contributed by atoms with E-state index in [0.29, 0.717) is 17.4 Å². The third-order valence-corrected chi connectivity index (χ3v) is 5.76. The number of hydrogen-bond acceptors (Lipinski definition) is 2. The molecule has 3 aliphatic rings. The number of rotatable bonds is 5. The highest BCUT2D eigenvalue weighted by Crippen LogP contribution is 2.54. The molecule has 3 aliphatic carbocycles. The molecule has 19 heavy (non-hydrogen) atoms. The van der Waals surface area contributed by atoms with Gasteiger partial charge in [-0.05, 0) is 67.6 Å². The van der Waals surface area contributed by atoms with E-state index in [4.69, 9.17) is 0 Å². The van der Waals surface area contributed by atoms with Gasteiger partial charge in [-0.15, -0.1) is 11.8 Å². The first-order valence-electron chi connectivity index (χ1n) is 7.31. The third kappa shape index (κ3) is 2.29. The van der Waals surface area contributed by atoms with Crippen LogP contribution in [-0.4, -0.2) is 16.3 Å². The Morgan fingerprint density at radius 1 is 1.05 bits per heavy atom. The molecule has 1 N–H and O–H groups in total. The van der Waals surface area contributed by atoms with E-state index in [9.17, 15) is 9.90 Å². The van der Waals surface area contributed by atoms with E-state index < -0.39 is 5.97 Å². The molecule has 3 fully saturated rings. The topological polar surface area (TPSA) is 37.3 Å². The summed E-state index contributed by atoms with van der Waals surface area (Å²) in [5.74, 6) is 0.481. The zero-order valence-corrected chi connectivity index (χ0v) is 11.7. The van der Waals surface area contributed by atoms with E-state index in [0.717, 1.165) is 5.25 Å². The maximum Gasteiger partial charge on any atom is 0.336 e. The summed E-state index contributed by atoms with van der Waals surface area (Å²) in [7, 11) is 0. The van der Waals surface area contributed by atoms with Crippen LogP contribution < -0.4 is 0 Å². The highest BCUT2D eigenvalue weighted by Gasteiger charge is 2.37. The lowest BCUT2D eigenvalue weighted by molar-refractivity contribution is 0.0695. The Hall–Kier alpha value is -0.960. The summed E-state index contributed by atoms with van der Waals surface area (Å²) in [5, 5.41) is 10.2. The van der Waals surface area contributed by atoms with Crippen LogP contribution in [0.25, 0.3) is 0 Å². The van der Waals surface area contributed by atoms with Crippen molar-refractivity contribution in [1.29, 1.82) is 0 Å². The summed E-state index contributed by atoms with van der Waals surface area (Å²) in [6.45, 7) is 0. The summed E-state index contributed by atoms with van der Waals surface area (Å²) in [6.07, 6.45) is 7.52. The first-order valence-corrected chi connectivity index (χ1v) is 8.18. The van der Waals surface area contributed by atoms with Gasteiger partial charge in [0, 0.05) is 10.1 Å². The summed E-state index contributed by atoms with van der Waals surface area (Å²) >= 11 is 1.97. The van der Waals surface area contributed by atoms with Gasteiger partial charge >= 0.3 is 5.97 Å². The molecule has 3 saturated carbocycles. The fourth-order valence-electron chi connectivity index (χ4n) is 2.78. The van der Waals surface area contributed by atoms with Crippen LogP contribution in [0, 0.1) is 0 Å². The van der Waals surface area contributed by atoms with E-state index in [1.807, 2.05) is 17.8 Å². The molecule has 0 atom stereocenters. The normalized spacial score (nSPS) is 22.5. The number of benzene rings is 1. The van der Waals surface area contributed by atoms with Gasteiger partial charge < -0.3 is 5.11 Å². The number of carboxylic acids is 1. The molecule has 100 valence electrons. The molecule has 0 unspecified atom stereocenters.